The summed E-state index contributed by atoms with van der Waals surface area (Å²) in [5.41, 5.74) is 2.50. The summed E-state index contributed by atoms with van der Waals surface area (Å²) < 4.78 is 5.65. The molecule has 0 fully saturated rings. The second kappa shape index (κ2) is 12.6. The Labute approximate surface area is 168 Å². The van der Waals surface area contributed by atoms with E-state index in [0.717, 1.165) is 36.7 Å². The molecule has 0 radical (unpaired) electrons. The van der Waals surface area contributed by atoms with Crippen LogP contribution in [0.15, 0.2) is 59.6 Å². The first-order valence-electron chi connectivity index (χ1n) is 8.52. The molecule has 0 atom stereocenters. The average Bonchev–Trinajstić information content (AvgIpc) is 2.63. The molecule has 0 unspecified atom stereocenters. The second-order valence-electron chi connectivity index (χ2n) is 5.48. The van der Waals surface area contributed by atoms with Crippen LogP contribution >= 0.6 is 24.0 Å². The van der Waals surface area contributed by atoms with Gasteiger partial charge in [-0.1, -0.05) is 48.5 Å². The van der Waals surface area contributed by atoms with Crippen molar-refractivity contribution in [3.05, 3.63) is 65.7 Å². The maximum Gasteiger partial charge on any atom is 0.191 e. The van der Waals surface area contributed by atoms with Gasteiger partial charge in [0, 0.05) is 25.7 Å². The number of ether oxygens (including phenoxy) is 1. The fraction of sp³-hybridized carbons (Fsp3) is 0.350. The highest BCUT2D eigenvalue weighted by Gasteiger charge is 2.03. The van der Waals surface area contributed by atoms with E-state index in [-0.39, 0.29) is 24.0 Å². The van der Waals surface area contributed by atoms with Gasteiger partial charge in [-0.2, -0.15) is 0 Å². The fourth-order valence-corrected chi connectivity index (χ4v) is 2.49. The van der Waals surface area contributed by atoms with Crippen molar-refractivity contribution in [3.8, 4) is 5.75 Å². The number of guanidine groups is 1. The van der Waals surface area contributed by atoms with Crippen molar-refractivity contribution in [2.45, 2.75) is 26.3 Å². The molecule has 2 aromatic carbocycles. The summed E-state index contributed by atoms with van der Waals surface area (Å²) in [6, 6.07) is 18.6. The van der Waals surface area contributed by atoms with Gasteiger partial charge in [-0.25, -0.2) is 0 Å². The first-order valence-corrected chi connectivity index (χ1v) is 8.52. The molecule has 2 rings (SSSR count). The molecule has 2 aromatic rings. The third-order valence-electron chi connectivity index (χ3n) is 3.72. The molecule has 25 heavy (non-hydrogen) atoms. The second-order valence-corrected chi connectivity index (χ2v) is 5.48. The molecular formula is C20H28IN3O. The molecule has 0 bridgehead atoms. The van der Waals surface area contributed by atoms with Crippen LogP contribution in [0.3, 0.4) is 0 Å². The first kappa shape index (κ1) is 21.3. The maximum absolute atomic E-state index is 5.65. The minimum absolute atomic E-state index is 0. The molecular weight excluding hydrogens is 425 g/mol. The van der Waals surface area contributed by atoms with Crippen LogP contribution in [0.25, 0.3) is 0 Å². The predicted octanol–water partition coefficient (Wildman–Crippen LogP) is 4.00. The Morgan fingerprint density at radius 2 is 1.72 bits per heavy atom. The van der Waals surface area contributed by atoms with Crippen molar-refractivity contribution in [1.29, 1.82) is 0 Å². The smallest absolute Gasteiger partial charge is 0.191 e. The fourth-order valence-electron chi connectivity index (χ4n) is 2.49. The molecule has 4 nitrogen and oxygen atoms in total. The molecule has 0 saturated carbocycles. The van der Waals surface area contributed by atoms with E-state index >= 15 is 0 Å². The van der Waals surface area contributed by atoms with Gasteiger partial charge >= 0.3 is 0 Å². The van der Waals surface area contributed by atoms with Gasteiger partial charge in [0.15, 0.2) is 5.96 Å². The van der Waals surface area contributed by atoms with Crippen LogP contribution in [0.2, 0.25) is 0 Å². The average molecular weight is 453 g/mol. The van der Waals surface area contributed by atoms with Crippen LogP contribution in [0.4, 0.5) is 0 Å². The molecule has 0 aliphatic carbocycles. The van der Waals surface area contributed by atoms with E-state index in [9.17, 15) is 0 Å². The monoisotopic (exact) mass is 453 g/mol. The van der Waals surface area contributed by atoms with Crippen molar-refractivity contribution in [3.63, 3.8) is 0 Å². The normalized spacial score (nSPS) is 10.7. The van der Waals surface area contributed by atoms with Gasteiger partial charge in [-0.15, -0.1) is 24.0 Å². The van der Waals surface area contributed by atoms with E-state index in [1.54, 1.807) is 7.05 Å². The first-order chi connectivity index (χ1) is 11.8. The number of hydrogen-bond acceptors (Lipinski definition) is 2. The third kappa shape index (κ3) is 7.77. The van der Waals surface area contributed by atoms with E-state index < -0.39 is 0 Å². The van der Waals surface area contributed by atoms with Crippen LogP contribution < -0.4 is 15.4 Å². The Bertz CT molecular complexity index is 632. The molecule has 0 spiro atoms. The number of aryl methyl sites for hydroxylation is 1. The van der Waals surface area contributed by atoms with Gasteiger partial charge in [-0.05, 0) is 31.4 Å². The van der Waals surface area contributed by atoms with Crippen LogP contribution in [0, 0.1) is 0 Å². The van der Waals surface area contributed by atoms with Crippen LogP contribution in [0.5, 0.6) is 5.75 Å². The summed E-state index contributed by atoms with van der Waals surface area (Å²) in [6.45, 7) is 4.25. The lowest BCUT2D eigenvalue weighted by molar-refractivity contribution is 0.336. The number of aliphatic imine (C=N–C) groups is 1. The summed E-state index contributed by atoms with van der Waals surface area (Å²) in [5, 5.41) is 6.70. The Kier molecular flexibility index (Phi) is 10.7. The Morgan fingerprint density at radius 3 is 2.44 bits per heavy atom. The third-order valence-corrected chi connectivity index (χ3v) is 3.72. The zero-order valence-electron chi connectivity index (χ0n) is 15.0. The maximum atomic E-state index is 5.65. The van der Waals surface area contributed by atoms with Gasteiger partial charge in [0.25, 0.3) is 0 Å². The van der Waals surface area contributed by atoms with Crippen LogP contribution in [-0.2, 0) is 13.0 Å². The number of hydrogen-bond donors (Lipinski definition) is 2. The van der Waals surface area contributed by atoms with Crippen molar-refractivity contribution in [2.75, 3.05) is 20.2 Å². The molecule has 2 N–H and O–H groups in total. The van der Waals surface area contributed by atoms with Gasteiger partial charge in [0.1, 0.15) is 5.75 Å². The summed E-state index contributed by atoms with van der Waals surface area (Å²) >= 11 is 0. The highest BCUT2D eigenvalue weighted by atomic mass is 127. The summed E-state index contributed by atoms with van der Waals surface area (Å²) in [6.07, 6.45) is 2.14. The Balaban J connectivity index is 0.00000312. The van der Waals surface area contributed by atoms with Gasteiger partial charge in [0.05, 0.1) is 6.61 Å². The zero-order chi connectivity index (χ0) is 17.0. The van der Waals surface area contributed by atoms with E-state index in [1.807, 2.05) is 31.2 Å². The number of halogens is 1. The number of rotatable bonds is 8. The summed E-state index contributed by atoms with van der Waals surface area (Å²) in [4.78, 5) is 4.28. The molecule has 0 aliphatic heterocycles. The van der Waals surface area contributed by atoms with Gasteiger partial charge in [-0.3, -0.25) is 4.99 Å². The highest BCUT2D eigenvalue weighted by molar-refractivity contribution is 14.0. The molecule has 5 heteroatoms. The molecule has 0 aliphatic rings. The number of nitrogens with zero attached hydrogens (tertiary/aromatic N) is 1. The Hall–Kier alpha value is -1.76. The topological polar surface area (TPSA) is 45.6 Å². The lowest BCUT2D eigenvalue weighted by Crippen LogP contribution is -2.37. The minimum atomic E-state index is 0. The van der Waals surface area contributed by atoms with Crippen molar-refractivity contribution < 1.29 is 4.74 Å². The predicted molar refractivity (Wildman–Crippen MR) is 116 cm³/mol. The van der Waals surface area contributed by atoms with Crippen LogP contribution in [-0.4, -0.2) is 26.2 Å². The van der Waals surface area contributed by atoms with Crippen LogP contribution in [0.1, 0.15) is 24.5 Å². The molecule has 0 heterocycles. The minimum Gasteiger partial charge on any atom is -0.494 e. The summed E-state index contributed by atoms with van der Waals surface area (Å²) in [7, 11) is 1.79. The SMILES string of the molecule is CCOc1ccccc1CNC(=NC)NCCCc1ccccc1.I. The molecule has 0 saturated heterocycles. The van der Waals surface area contributed by atoms with E-state index in [0.29, 0.717) is 13.2 Å². The van der Waals surface area contributed by atoms with Crippen molar-refractivity contribution in [2.24, 2.45) is 4.99 Å². The number of para-hydroxylation sites is 1. The number of benzene rings is 2. The number of nitrogens with one attached hydrogen (secondary N) is 2. The van der Waals surface area contributed by atoms with Crippen molar-refractivity contribution in [1.82, 2.24) is 10.6 Å². The van der Waals surface area contributed by atoms with E-state index in [1.165, 1.54) is 5.56 Å². The lowest BCUT2D eigenvalue weighted by atomic mass is 10.1. The van der Waals surface area contributed by atoms with E-state index in [4.69, 9.17) is 4.74 Å². The quantitative estimate of drug-likeness (QED) is 0.275. The van der Waals surface area contributed by atoms with E-state index in [2.05, 4.69) is 46.0 Å². The molecule has 0 amide bonds. The van der Waals surface area contributed by atoms with Gasteiger partial charge < -0.3 is 15.4 Å². The zero-order valence-corrected chi connectivity index (χ0v) is 17.3. The standard InChI is InChI=1S/C20H27N3O.HI/c1-3-24-19-14-8-7-13-18(19)16-23-20(21-2)22-15-9-12-17-10-5-4-6-11-17;/h4-8,10-11,13-14H,3,9,12,15-16H2,1-2H3,(H2,21,22,23);1H. The summed E-state index contributed by atoms with van der Waals surface area (Å²) in [5.74, 6) is 1.74. The molecule has 0 aromatic heterocycles. The molecule has 136 valence electrons. The lowest BCUT2D eigenvalue weighted by Gasteiger charge is -2.14. The van der Waals surface area contributed by atoms with Crippen molar-refractivity contribution >= 4 is 29.9 Å². The highest BCUT2D eigenvalue weighted by Crippen LogP contribution is 2.17. The Morgan fingerprint density at radius 1 is 1.00 bits per heavy atom. The largest absolute Gasteiger partial charge is 0.494 e. The van der Waals surface area contributed by atoms with Gasteiger partial charge in [0.2, 0.25) is 0 Å².